The van der Waals surface area contributed by atoms with Crippen molar-refractivity contribution in [3.8, 4) is 28.3 Å². The number of tetrazole rings is 1. The number of nitrogens with zero attached hydrogens (tertiary/aromatic N) is 5. The average Bonchev–Trinajstić information content (AvgIpc) is 3.36. The smallest absolute Gasteiger partial charge is 0.190 e. The quantitative estimate of drug-likeness (QED) is 0.554. The first kappa shape index (κ1) is 17.8. The van der Waals surface area contributed by atoms with Crippen molar-refractivity contribution in [1.29, 1.82) is 0 Å². The Morgan fingerprint density at radius 1 is 1.07 bits per heavy atom. The molecule has 1 N–H and O–H groups in total. The molecule has 0 aliphatic carbocycles. The van der Waals surface area contributed by atoms with Crippen molar-refractivity contribution < 1.29 is 13.5 Å². The van der Waals surface area contributed by atoms with Crippen LogP contribution in [0.25, 0.3) is 22.5 Å². The number of aromatic amines is 1. The summed E-state index contributed by atoms with van der Waals surface area (Å²) in [5.74, 6) is -1.43. The van der Waals surface area contributed by atoms with E-state index in [0.717, 1.165) is 5.56 Å². The first-order chi connectivity index (χ1) is 13.7. The van der Waals surface area contributed by atoms with Crippen molar-refractivity contribution >= 4 is 0 Å². The highest BCUT2D eigenvalue weighted by atomic mass is 19.1. The highest BCUT2D eigenvalue weighted by Crippen LogP contribution is 2.34. The van der Waals surface area contributed by atoms with E-state index in [1.54, 1.807) is 6.33 Å². The summed E-state index contributed by atoms with van der Waals surface area (Å²) in [4.78, 5) is 4.49. The molecule has 4 aromatic rings. The molecule has 0 aliphatic heterocycles. The van der Waals surface area contributed by atoms with Crippen LogP contribution in [0.1, 0.15) is 5.82 Å². The second-order valence-electron chi connectivity index (χ2n) is 6.05. The molecule has 0 saturated carbocycles. The van der Waals surface area contributed by atoms with Gasteiger partial charge in [0, 0.05) is 24.1 Å². The molecular formula is C19H16F2N6O. The summed E-state index contributed by atoms with van der Waals surface area (Å²) in [6, 6.07) is 11.9. The molecule has 7 nitrogen and oxygen atoms in total. The molecule has 2 heterocycles. The van der Waals surface area contributed by atoms with E-state index in [1.165, 1.54) is 19.2 Å². The number of hydrogen-bond acceptors (Lipinski definition) is 5. The van der Waals surface area contributed by atoms with Gasteiger partial charge < -0.3 is 9.30 Å². The molecule has 0 atom stereocenters. The molecule has 0 unspecified atom stereocenters. The molecular weight excluding hydrogens is 366 g/mol. The molecule has 0 aliphatic rings. The number of aromatic nitrogens is 6. The molecule has 0 amide bonds. The summed E-state index contributed by atoms with van der Waals surface area (Å²) in [6.45, 7) is 0.462. The minimum atomic E-state index is -0.776. The Morgan fingerprint density at radius 3 is 2.46 bits per heavy atom. The summed E-state index contributed by atoms with van der Waals surface area (Å²) >= 11 is 0. The van der Waals surface area contributed by atoms with Crippen LogP contribution >= 0.6 is 0 Å². The van der Waals surface area contributed by atoms with Crippen molar-refractivity contribution in [1.82, 2.24) is 30.2 Å². The Kier molecular flexibility index (Phi) is 4.79. The third-order valence-corrected chi connectivity index (χ3v) is 4.33. The number of ether oxygens (including phenoxy) is 1. The fourth-order valence-electron chi connectivity index (χ4n) is 3.06. The molecule has 0 bridgehead atoms. The topological polar surface area (TPSA) is 81.5 Å². The van der Waals surface area contributed by atoms with E-state index < -0.39 is 17.4 Å². The van der Waals surface area contributed by atoms with Crippen molar-refractivity contribution in [2.24, 2.45) is 0 Å². The third-order valence-electron chi connectivity index (χ3n) is 4.33. The normalized spacial score (nSPS) is 11.0. The fraction of sp³-hybridized carbons (Fsp3) is 0.158. The second-order valence-corrected chi connectivity index (χ2v) is 6.05. The largest absolute Gasteiger partial charge is 0.491 e. The summed E-state index contributed by atoms with van der Waals surface area (Å²) in [5.41, 5.74) is 2.42. The third kappa shape index (κ3) is 3.34. The fourth-order valence-corrected chi connectivity index (χ4v) is 3.06. The van der Waals surface area contributed by atoms with Crippen LogP contribution in [0.15, 0.2) is 48.8 Å². The minimum Gasteiger partial charge on any atom is -0.491 e. The molecule has 9 heteroatoms. The van der Waals surface area contributed by atoms with E-state index in [-0.39, 0.29) is 0 Å². The number of imidazole rings is 1. The zero-order chi connectivity index (χ0) is 19.5. The van der Waals surface area contributed by atoms with Gasteiger partial charge in [-0.1, -0.05) is 35.5 Å². The van der Waals surface area contributed by atoms with Gasteiger partial charge in [-0.2, -0.15) is 5.21 Å². The minimum absolute atomic E-state index is 0.361. The van der Waals surface area contributed by atoms with E-state index in [4.69, 9.17) is 4.74 Å². The molecule has 0 spiro atoms. The van der Waals surface area contributed by atoms with Crippen LogP contribution in [-0.4, -0.2) is 37.3 Å². The standard InChI is InChI=1S/C19H16F2N6O/c1-28-19-14(20)9-13(10-15(19)21)18-17(12-5-3-2-4-6-12)22-11-27(18)8-7-16-23-25-26-24-16/h2-6,9-11H,7-8H2,1H3,(H,23,24,25,26). The summed E-state index contributed by atoms with van der Waals surface area (Å²) < 4.78 is 35.3. The Balaban J connectivity index is 1.81. The second kappa shape index (κ2) is 7.55. The molecule has 0 fully saturated rings. The van der Waals surface area contributed by atoms with E-state index in [1.807, 2.05) is 34.9 Å². The van der Waals surface area contributed by atoms with Crippen LogP contribution in [0.5, 0.6) is 5.75 Å². The summed E-state index contributed by atoms with van der Waals surface area (Å²) in [7, 11) is 1.23. The number of methoxy groups -OCH3 is 1. The lowest BCUT2D eigenvalue weighted by molar-refractivity contribution is 0.360. The number of benzene rings is 2. The maximum Gasteiger partial charge on any atom is 0.190 e. The first-order valence-electron chi connectivity index (χ1n) is 8.53. The summed E-state index contributed by atoms with van der Waals surface area (Å²) in [5, 5.41) is 13.8. The maximum atomic E-state index is 14.4. The number of halogens is 2. The molecule has 28 heavy (non-hydrogen) atoms. The lowest BCUT2D eigenvalue weighted by atomic mass is 10.0. The van der Waals surface area contributed by atoms with E-state index in [2.05, 4.69) is 25.6 Å². The zero-order valence-electron chi connectivity index (χ0n) is 14.9. The van der Waals surface area contributed by atoms with E-state index in [9.17, 15) is 8.78 Å². The zero-order valence-corrected chi connectivity index (χ0v) is 14.9. The highest BCUT2D eigenvalue weighted by Gasteiger charge is 2.19. The van der Waals surface area contributed by atoms with Gasteiger partial charge in [0.2, 0.25) is 0 Å². The van der Waals surface area contributed by atoms with Gasteiger partial charge in [-0.15, -0.1) is 10.2 Å². The van der Waals surface area contributed by atoms with Crippen molar-refractivity contribution in [3.63, 3.8) is 0 Å². The van der Waals surface area contributed by atoms with Crippen LogP contribution in [0.3, 0.4) is 0 Å². The number of nitrogens with one attached hydrogen (secondary N) is 1. The lowest BCUT2D eigenvalue weighted by Gasteiger charge is -2.12. The Labute approximate surface area is 159 Å². The van der Waals surface area contributed by atoms with Crippen LogP contribution in [0.2, 0.25) is 0 Å². The predicted octanol–water partition coefficient (Wildman–Crippen LogP) is 3.26. The monoisotopic (exact) mass is 382 g/mol. The SMILES string of the molecule is COc1c(F)cc(-c2c(-c3ccccc3)ncn2CCc2nn[nH]n2)cc1F. The molecule has 2 aromatic heterocycles. The van der Waals surface area contributed by atoms with Gasteiger partial charge in [0.1, 0.15) is 0 Å². The van der Waals surface area contributed by atoms with Crippen molar-refractivity contribution in [2.75, 3.05) is 7.11 Å². The van der Waals surface area contributed by atoms with Gasteiger partial charge in [0.15, 0.2) is 23.2 Å². The Morgan fingerprint density at radius 2 is 1.82 bits per heavy atom. The molecule has 4 rings (SSSR count). The molecule has 0 saturated heterocycles. The van der Waals surface area contributed by atoms with Crippen LogP contribution in [-0.2, 0) is 13.0 Å². The van der Waals surface area contributed by atoms with Gasteiger partial charge in [0.05, 0.1) is 24.8 Å². The number of H-pyrrole nitrogens is 1. The molecule has 142 valence electrons. The molecule has 0 radical (unpaired) electrons. The van der Waals surface area contributed by atoms with Crippen LogP contribution in [0, 0.1) is 11.6 Å². The predicted molar refractivity (Wildman–Crippen MR) is 97.4 cm³/mol. The molecule has 2 aromatic carbocycles. The average molecular weight is 382 g/mol. The van der Waals surface area contributed by atoms with Gasteiger partial charge in [-0.3, -0.25) is 0 Å². The van der Waals surface area contributed by atoms with Crippen LogP contribution in [0.4, 0.5) is 8.78 Å². The Bertz CT molecular complexity index is 1060. The summed E-state index contributed by atoms with van der Waals surface area (Å²) in [6.07, 6.45) is 2.12. The van der Waals surface area contributed by atoms with E-state index >= 15 is 0 Å². The number of rotatable bonds is 6. The van der Waals surface area contributed by atoms with E-state index in [0.29, 0.717) is 35.7 Å². The van der Waals surface area contributed by atoms with Crippen LogP contribution < -0.4 is 4.74 Å². The van der Waals surface area contributed by atoms with Crippen molar-refractivity contribution in [3.05, 3.63) is 66.3 Å². The Hall–Kier alpha value is -3.62. The van der Waals surface area contributed by atoms with Gasteiger partial charge >= 0.3 is 0 Å². The number of hydrogen-bond donors (Lipinski definition) is 1. The van der Waals surface area contributed by atoms with Crippen molar-refractivity contribution in [2.45, 2.75) is 13.0 Å². The highest BCUT2D eigenvalue weighted by molar-refractivity contribution is 5.79. The van der Waals surface area contributed by atoms with Gasteiger partial charge in [-0.25, -0.2) is 13.8 Å². The number of aryl methyl sites for hydroxylation is 2. The van der Waals surface area contributed by atoms with Gasteiger partial charge in [0.25, 0.3) is 0 Å². The first-order valence-corrected chi connectivity index (χ1v) is 8.53. The van der Waals surface area contributed by atoms with Gasteiger partial charge in [-0.05, 0) is 12.1 Å². The lowest BCUT2D eigenvalue weighted by Crippen LogP contribution is -2.04. The maximum absolute atomic E-state index is 14.4.